The van der Waals surface area contributed by atoms with Crippen molar-refractivity contribution < 1.29 is 17.9 Å². The second-order valence-corrected chi connectivity index (χ2v) is 10.2. The molecule has 154 valence electrons. The average Bonchev–Trinajstić information content (AvgIpc) is 3.28. The van der Waals surface area contributed by atoms with Crippen molar-refractivity contribution in [1.29, 1.82) is 0 Å². The molecule has 2 atom stereocenters. The first-order valence-electron chi connectivity index (χ1n) is 10.5. The molecule has 2 aliphatic heterocycles. The number of fused-ring (bicyclic) bond motifs is 1. The van der Waals surface area contributed by atoms with Crippen molar-refractivity contribution in [1.82, 2.24) is 9.21 Å². The summed E-state index contributed by atoms with van der Waals surface area (Å²) < 4.78 is 33.0. The quantitative estimate of drug-likeness (QED) is 0.770. The average molecular weight is 407 g/mol. The number of methoxy groups -OCH3 is 1. The van der Waals surface area contributed by atoms with Gasteiger partial charge in [-0.3, -0.25) is 4.79 Å². The second-order valence-electron chi connectivity index (χ2n) is 8.32. The standard InChI is InChI=1S/C21H30N2O4S/c1-27-19-9-8-17(14-20(19)28(25,26)23-11-4-5-12-23)21(24)22-13-10-16-6-2-3-7-18(16)15-22/h8-9,14,16,18H,2-7,10-13,15H2,1H3/t16-,18-/m0/s1. The smallest absolute Gasteiger partial charge is 0.253 e. The van der Waals surface area contributed by atoms with Gasteiger partial charge in [0.15, 0.2) is 0 Å². The molecule has 1 aromatic carbocycles. The maximum atomic E-state index is 13.2. The number of hydrogen-bond acceptors (Lipinski definition) is 4. The van der Waals surface area contributed by atoms with Gasteiger partial charge in [0.2, 0.25) is 10.0 Å². The van der Waals surface area contributed by atoms with E-state index in [-0.39, 0.29) is 10.8 Å². The van der Waals surface area contributed by atoms with Crippen LogP contribution in [0.15, 0.2) is 23.1 Å². The summed E-state index contributed by atoms with van der Waals surface area (Å²) in [4.78, 5) is 15.2. The third kappa shape index (κ3) is 3.66. The molecule has 6 nitrogen and oxygen atoms in total. The molecule has 0 spiro atoms. The number of benzene rings is 1. The van der Waals surface area contributed by atoms with Gasteiger partial charge in [-0.05, 0) is 55.7 Å². The number of likely N-dealkylation sites (tertiary alicyclic amines) is 1. The van der Waals surface area contributed by atoms with E-state index in [2.05, 4.69) is 0 Å². The van der Waals surface area contributed by atoms with Gasteiger partial charge < -0.3 is 9.64 Å². The summed E-state index contributed by atoms with van der Waals surface area (Å²) in [5, 5.41) is 0. The Labute approximate surface area is 167 Å². The van der Waals surface area contributed by atoms with Crippen molar-refractivity contribution in [2.24, 2.45) is 11.8 Å². The molecule has 2 saturated heterocycles. The molecule has 1 amide bonds. The van der Waals surface area contributed by atoms with E-state index in [9.17, 15) is 13.2 Å². The summed E-state index contributed by atoms with van der Waals surface area (Å²) >= 11 is 0. The number of sulfonamides is 1. The van der Waals surface area contributed by atoms with Crippen molar-refractivity contribution in [3.8, 4) is 5.75 Å². The van der Waals surface area contributed by atoms with Crippen LogP contribution in [0.3, 0.4) is 0 Å². The second kappa shape index (κ2) is 8.03. The van der Waals surface area contributed by atoms with Gasteiger partial charge >= 0.3 is 0 Å². The molecule has 0 N–H and O–H groups in total. The number of nitrogens with zero attached hydrogens (tertiary/aromatic N) is 2. The summed E-state index contributed by atoms with van der Waals surface area (Å²) in [6.07, 6.45) is 7.85. The van der Waals surface area contributed by atoms with E-state index in [4.69, 9.17) is 4.74 Å². The Morgan fingerprint density at radius 3 is 2.43 bits per heavy atom. The minimum Gasteiger partial charge on any atom is -0.495 e. The topological polar surface area (TPSA) is 66.9 Å². The first kappa shape index (κ1) is 19.7. The normalized spacial score (nSPS) is 26.1. The zero-order valence-corrected chi connectivity index (χ0v) is 17.4. The molecule has 1 aromatic rings. The lowest BCUT2D eigenvalue weighted by Gasteiger charge is -2.41. The van der Waals surface area contributed by atoms with E-state index in [1.165, 1.54) is 43.2 Å². The molecule has 0 radical (unpaired) electrons. The highest BCUT2D eigenvalue weighted by Crippen LogP contribution is 2.37. The Bertz CT molecular complexity index is 833. The molecule has 3 fully saturated rings. The third-order valence-corrected chi connectivity index (χ3v) is 8.59. The van der Waals surface area contributed by atoms with Crippen LogP contribution in [0.1, 0.15) is 55.3 Å². The molecule has 2 heterocycles. The minimum atomic E-state index is -3.65. The first-order chi connectivity index (χ1) is 13.5. The van der Waals surface area contributed by atoms with Crippen LogP contribution >= 0.6 is 0 Å². The van der Waals surface area contributed by atoms with Crippen LogP contribution in [0.2, 0.25) is 0 Å². The van der Waals surface area contributed by atoms with Gasteiger partial charge in [-0.25, -0.2) is 8.42 Å². The summed E-state index contributed by atoms with van der Waals surface area (Å²) in [7, 11) is -2.18. The first-order valence-corrected chi connectivity index (χ1v) is 11.9. The zero-order chi connectivity index (χ0) is 19.7. The van der Waals surface area contributed by atoms with Gasteiger partial charge in [-0.1, -0.05) is 19.3 Å². The Hall–Kier alpha value is -1.60. The van der Waals surface area contributed by atoms with Crippen molar-refractivity contribution in [2.75, 3.05) is 33.3 Å². The highest BCUT2D eigenvalue weighted by Gasteiger charge is 2.35. The van der Waals surface area contributed by atoms with Crippen LogP contribution in [0.4, 0.5) is 0 Å². The SMILES string of the molecule is COc1ccc(C(=O)N2CC[C@@H]3CCCC[C@H]3C2)cc1S(=O)(=O)N1CCCC1. The molecular formula is C21H30N2O4S. The zero-order valence-electron chi connectivity index (χ0n) is 16.6. The van der Waals surface area contributed by atoms with Gasteiger partial charge in [0.1, 0.15) is 10.6 Å². The van der Waals surface area contributed by atoms with Gasteiger partial charge in [0.05, 0.1) is 7.11 Å². The van der Waals surface area contributed by atoms with Gasteiger partial charge in [-0.2, -0.15) is 4.31 Å². The highest BCUT2D eigenvalue weighted by atomic mass is 32.2. The highest BCUT2D eigenvalue weighted by molar-refractivity contribution is 7.89. The number of rotatable bonds is 4. The Kier molecular flexibility index (Phi) is 5.65. The summed E-state index contributed by atoms with van der Waals surface area (Å²) in [5.74, 6) is 1.58. The van der Waals surface area contributed by atoms with Crippen LogP contribution in [-0.2, 0) is 10.0 Å². The minimum absolute atomic E-state index is 0.0652. The molecule has 0 aromatic heterocycles. The Morgan fingerprint density at radius 2 is 1.71 bits per heavy atom. The van der Waals surface area contributed by atoms with Crippen LogP contribution < -0.4 is 4.74 Å². The Balaban J connectivity index is 1.59. The number of carbonyl (C=O) groups is 1. The van der Waals surface area contributed by atoms with Gasteiger partial charge in [0.25, 0.3) is 5.91 Å². The molecular weight excluding hydrogens is 376 g/mol. The van der Waals surface area contributed by atoms with E-state index in [0.717, 1.165) is 38.3 Å². The lowest BCUT2D eigenvalue weighted by Crippen LogP contribution is -2.44. The molecule has 1 saturated carbocycles. The molecule has 28 heavy (non-hydrogen) atoms. The summed E-state index contributed by atoms with van der Waals surface area (Å²) in [5.41, 5.74) is 0.438. The molecule has 0 bridgehead atoms. The summed E-state index contributed by atoms with van der Waals surface area (Å²) in [6, 6.07) is 4.82. The van der Waals surface area contributed by atoms with E-state index in [1.807, 2.05) is 4.90 Å². The fourth-order valence-electron chi connectivity index (χ4n) is 5.05. The fraction of sp³-hybridized carbons (Fsp3) is 0.667. The molecule has 4 rings (SSSR count). The number of piperidine rings is 1. The van der Waals surface area contributed by atoms with E-state index in [1.54, 1.807) is 12.1 Å². The lowest BCUT2D eigenvalue weighted by molar-refractivity contribution is 0.0520. The number of amides is 1. The summed E-state index contributed by atoms with van der Waals surface area (Å²) in [6.45, 7) is 2.61. The molecule has 1 aliphatic carbocycles. The van der Waals surface area contributed by atoms with Crippen LogP contribution in [0, 0.1) is 11.8 Å². The van der Waals surface area contributed by atoms with Crippen LogP contribution in [0.5, 0.6) is 5.75 Å². The van der Waals surface area contributed by atoms with Crippen molar-refractivity contribution in [3.05, 3.63) is 23.8 Å². The maximum Gasteiger partial charge on any atom is 0.253 e. The van der Waals surface area contributed by atoms with E-state index >= 15 is 0 Å². The molecule has 3 aliphatic rings. The molecule has 7 heteroatoms. The van der Waals surface area contributed by atoms with Gasteiger partial charge in [-0.15, -0.1) is 0 Å². The van der Waals surface area contributed by atoms with Crippen molar-refractivity contribution >= 4 is 15.9 Å². The van der Waals surface area contributed by atoms with Crippen LogP contribution in [-0.4, -0.2) is 56.8 Å². The third-order valence-electron chi connectivity index (χ3n) is 6.67. The fourth-order valence-corrected chi connectivity index (χ4v) is 6.75. The van der Waals surface area contributed by atoms with Crippen LogP contribution in [0.25, 0.3) is 0 Å². The van der Waals surface area contributed by atoms with E-state index < -0.39 is 10.0 Å². The monoisotopic (exact) mass is 406 g/mol. The number of carbonyl (C=O) groups excluding carboxylic acids is 1. The Morgan fingerprint density at radius 1 is 1.00 bits per heavy atom. The maximum absolute atomic E-state index is 13.2. The number of hydrogen-bond donors (Lipinski definition) is 0. The predicted molar refractivity (Wildman–Crippen MR) is 107 cm³/mol. The van der Waals surface area contributed by atoms with Crippen molar-refractivity contribution in [2.45, 2.75) is 49.8 Å². The van der Waals surface area contributed by atoms with Crippen molar-refractivity contribution in [3.63, 3.8) is 0 Å². The van der Waals surface area contributed by atoms with Gasteiger partial charge in [0, 0.05) is 31.7 Å². The predicted octanol–water partition coefficient (Wildman–Crippen LogP) is 3.13. The van der Waals surface area contributed by atoms with E-state index in [0.29, 0.717) is 30.3 Å². The number of ether oxygens (including phenoxy) is 1. The molecule has 0 unspecified atom stereocenters. The largest absolute Gasteiger partial charge is 0.495 e. The lowest BCUT2D eigenvalue weighted by atomic mass is 9.75.